The summed E-state index contributed by atoms with van der Waals surface area (Å²) in [5, 5.41) is 3.22. The summed E-state index contributed by atoms with van der Waals surface area (Å²) in [6.45, 7) is 4.45. The van der Waals surface area contributed by atoms with Crippen LogP contribution in [0.3, 0.4) is 0 Å². The lowest BCUT2D eigenvalue weighted by molar-refractivity contribution is 0.511. The van der Waals surface area contributed by atoms with Crippen molar-refractivity contribution in [2.45, 2.75) is 32.1 Å². The van der Waals surface area contributed by atoms with Crippen LogP contribution in [0.1, 0.15) is 20.3 Å². The van der Waals surface area contributed by atoms with Crippen molar-refractivity contribution in [3.05, 3.63) is 0 Å². The quantitative estimate of drug-likeness (QED) is 0.476. The van der Waals surface area contributed by atoms with Crippen molar-refractivity contribution >= 4 is 7.41 Å². The maximum atomic E-state index is 3.22. The largest absolute Gasteiger partial charge is 0.358 e. The Morgan fingerprint density at radius 2 is 2.43 bits per heavy atom. The van der Waals surface area contributed by atoms with E-state index in [1.807, 2.05) is 0 Å². The van der Waals surface area contributed by atoms with Crippen molar-refractivity contribution in [2.24, 2.45) is 0 Å². The third kappa shape index (κ3) is 0.803. The van der Waals surface area contributed by atoms with Crippen LogP contribution in [0.4, 0.5) is 0 Å². The molecular weight excluding hydrogens is 84.9 g/mol. The molecule has 1 saturated heterocycles. The molecule has 1 rings (SSSR count). The molecule has 0 saturated carbocycles. The fourth-order valence-electron chi connectivity index (χ4n) is 0.914. The standard InChI is InChI=1S/C5H11BN/c1-3-5-4(2)6-7-5/h4-5,7H,3H2,1-2H3/t4-,5?/m1/s1. The van der Waals surface area contributed by atoms with Gasteiger partial charge in [-0.1, -0.05) is 13.8 Å². The Hall–Kier alpha value is 0.0249. The predicted octanol–water partition coefficient (Wildman–Crippen LogP) is 0.796. The molecule has 1 nitrogen and oxygen atoms in total. The average Bonchev–Trinajstić information content (AvgIpc) is 1.65. The van der Waals surface area contributed by atoms with E-state index < -0.39 is 0 Å². The second-order valence-electron chi connectivity index (χ2n) is 2.21. The summed E-state index contributed by atoms with van der Waals surface area (Å²) in [4.78, 5) is 0. The Morgan fingerprint density at radius 3 is 2.43 bits per heavy atom. The smallest absolute Gasteiger partial charge is 0.210 e. The van der Waals surface area contributed by atoms with Crippen LogP contribution < -0.4 is 5.23 Å². The van der Waals surface area contributed by atoms with E-state index in [2.05, 4.69) is 26.5 Å². The van der Waals surface area contributed by atoms with Gasteiger partial charge in [0.2, 0.25) is 7.41 Å². The summed E-state index contributed by atoms with van der Waals surface area (Å²) in [6.07, 6.45) is 1.26. The third-order valence-electron chi connectivity index (χ3n) is 1.65. The Morgan fingerprint density at radius 1 is 1.71 bits per heavy atom. The van der Waals surface area contributed by atoms with E-state index in [9.17, 15) is 0 Å². The molecule has 0 aromatic heterocycles. The van der Waals surface area contributed by atoms with Gasteiger partial charge in [0.15, 0.2) is 0 Å². The monoisotopic (exact) mass is 96.1 g/mol. The van der Waals surface area contributed by atoms with Gasteiger partial charge in [0.25, 0.3) is 0 Å². The lowest BCUT2D eigenvalue weighted by Crippen LogP contribution is -2.50. The van der Waals surface area contributed by atoms with Crippen molar-refractivity contribution in [3.63, 3.8) is 0 Å². The molecule has 1 unspecified atom stereocenters. The highest BCUT2D eigenvalue weighted by Crippen LogP contribution is 2.18. The molecule has 7 heavy (non-hydrogen) atoms. The van der Waals surface area contributed by atoms with Crippen molar-refractivity contribution in [1.82, 2.24) is 5.23 Å². The third-order valence-corrected chi connectivity index (χ3v) is 1.65. The van der Waals surface area contributed by atoms with Crippen LogP contribution in [0, 0.1) is 0 Å². The molecule has 2 atom stereocenters. The molecule has 0 aromatic carbocycles. The van der Waals surface area contributed by atoms with E-state index in [0.717, 1.165) is 11.9 Å². The summed E-state index contributed by atoms with van der Waals surface area (Å²) in [5.74, 6) is 0.810. The summed E-state index contributed by atoms with van der Waals surface area (Å²) in [7, 11) is 2.15. The zero-order valence-corrected chi connectivity index (χ0v) is 4.94. The highest BCUT2D eigenvalue weighted by atomic mass is 14.9. The number of rotatable bonds is 1. The first-order valence-electron chi connectivity index (χ1n) is 2.94. The molecule has 2 heteroatoms. The molecule has 0 spiro atoms. The van der Waals surface area contributed by atoms with Crippen LogP contribution in [0.25, 0.3) is 0 Å². The van der Waals surface area contributed by atoms with Gasteiger partial charge < -0.3 is 5.23 Å². The fourth-order valence-corrected chi connectivity index (χ4v) is 0.914. The average molecular weight is 96.0 g/mol. The normalized spacial score (nSPS) is 39.1. The number of hydrogen-bond donors (Lipinski definition) is 1. The first-order chi connectivity index (χ1) is 3.34. The van der Waals surface area contributed by atoms with Gasteiger partial charge in [-0.15, -0.1) is 0 Å². The molecule has 0 aliphatic carbocycles. The van der Waals surface area contributed by atoms with Gasteiger partial charge in [0, 0.05) is 0 Å². The minimum atomic E-state index is 0.778. The van der Waals surface area contributed by atoms with Gasteiger partial charge in [-0.05, 0) is 18.3 Å². The summed E-state index contributed by atoms with van der Waals surface area (Å²) in [6, 6.07) is 0.778. The first-order valence-corrected chi connectivity index (χ1v) is 2.94. The van der Waals surface area contributed by atoms with Crippen molar-refractivity contribution in [3.8, 4) is 0 Å². The van der Waals surface area contributed by atoms with E-state index in [-0.39, 0.29) is 0 Å². The SMILES string of the molecule is CCC1N[B][C@@H]1C. The molecule has 0 bridgehead atoms. The summed E-state index contributed by atoms with van der Waals surface area (Å²) in [5.41, 5.74) is 0. The molecule has 1 radical (unpaired) electrons. The van der Waals surface area contributed by atoms with E-state index in [1.165, 1.54) is 6.42 Å². The molecule has 1 aliphatic rings. The number of nitrogens with one attached hydrogen (secondary N) is 1. The summed E-state index contributed by atoms with van der Waals surface area (Å²) < 4.78 is 0. The topological polar surface area (TPSA) is 12.0 Å². The van der Waals surface area contributed by atoms with E-state index in [0.29, 0.717) is 0 Å². The van der Waals surface area contributed by atoms with E-state index >= 15 is 0 Å². The summed E-state index contributed by atoms with van der Waals surface area (Å²) >= 11 is 0. The van der Waals surface area contributed by atoms with E-state index in [4.69, 9.17) is 0 Å². The Labute approximate surface area is 45.8 Å². The molecule has 1 fully saturated rings. The van der Waals surface area contributed by atoms with Crippen LogP contribution in [0.15, 0.2) is 0 Å². The van der Waals surface area contributed by atoms with Gasteiger partial charge in [-0.25, -0.2) is 0 Å². The maximum absolute atomic E-state index is 3.22. The maximum Gasteiger partial charge on any atom is 0.210 e. The Balaban J connectivity index is 2.16. The zero-order chi connectivity index (χ0) is 5.28. The van der Waals surface area contributed by atoms with Crippen LogP contribution >= 0.6 is 0 Å². The number of hydrogen-bond acceptors (Lipinski definition) is 1. The van der Waals surface area contributed by atoms with Gasteiger partial charge >= 0.3 is 0 Å². The lowest BCUT2D eigenvalue weighted by Gasteiger charge is -2.33. The molecule has 1 aliphatic heterocycles. The van der Waals surface area contributed by atoms with Crippen LogP contribution in [-0.2, 0) is 0 Å². The van der Waals surface area contributed by atoms with Gasteiger partial charge in [-0.2, -0.15) is 0 Å². The minimum absolute atomic E-state index is 0.778. The van der Waals surface area contributed by atoms with Crippen LogP contribution in [-0.4, -0.2) is 13.5 Å². The Kier molecular flexibility index (Phi) is 1.38. The van der Waals surface area contributed by atoms with Gasteiger partial charge in [0.1, 0.15) is 0 Å². The molecule has 1 N–H and O–H groups in total. The fraction of sp³-hybridized carbons (Fsp3) is 1.00. The second kappa shape index (κ2) is 1.87. The minimum Gasteiger partial charge on any atom is -0.358 e. The van der Waals surface area contributed by atoms with Crippen molar-refractivity contribution < 1.29 is 0 Å². The highest BCUT2D eigenvalue weighted by molar-refractivity contribution is 6.38. The van der Waals surface area contributed by atoms with Gasteiger partial charge in [0.05, 0.1) is 0 Å². The van der Waals surface area contributed by atoms with E-state index in [1.54, 1.807) is 0 Å². The lowest BCUT2D eigenvalue weighted by atomic mass is 9.62. The predicted molar refractivity (Wildman–Crippen MR) is 32.4 cm³/mol. The zero-order valence-electron chi connectivity index (χ0n) is 4.94. The molecule has 1 heterocycles. The van der Waals surface area contributed by atoms with Crippen molar-refractivity contribution in [2.75, 3.05) is 0 Å². The van der Waals surface area contributed by atoms with Gasteiger partial charge in [-0.3, -0.25) is 0 Å². The Bertz CT molecular complexity index is 63.1. The van der Waals surface area contributed by atoms with Crippen LogP contribution in [0.5, 0.6) is 0 Å². The first kappa shape index (κ1) is 5.17. The van der Waals surface area contributed by atoms with Crippen LogP contribution in [0.2, 0.25) is 5.82 Å². The molecule has 0 aromatic rings. The highest BCUT2D eigenvalue weighted by Gasteiger charge is 2.24. The second-order valence-corrected chi connectivity index (χ2v) is 2.21. The van der Waals surface area contributed by atoms with Crippen molar-refractivity contribution in [1.29, 1.82) is 0 Å². The molecular formula is C5H11BN. The molecule has 39 valence electrons. The molecule has 0 amide bonds.